The van der Waals surface area contributed by atoms with Crippen molar-refractivity contribution in [3.8, 4) is 5.75 Å². The van der Waals surface area contributed by atoms with Crippen molar-refractivity contribution in [2.24, 2.45) is 4.99 Å². The average Bonchev–Trinajstić information content (AvgIpc) is 2.47. The Morgan fingerprint density at radius 2 is 2.00 bits per heavy atom. The maximum atomic E-state index is 10.7. The molecule has 0 spiro atoms. The van der Waals surface area contributed by atoms with Crippen molar-refractivity contribution in [3.05, 3.63) is 69.8 Å². The Labute approximate surface area is 122 Å². The fourth-order valence-electron chi connectivity index (χ4n) is 1.97. The van der Waals surface area contributed by atoms with Gasteiger partial charge in [-0.15, -0.1) is 0 Å². The first-order valence-corrected chi connectivity index (χ1v) is 6.61. The Kier molecular flexibility index (Phi) is 4.66. The number of nitro groups is 1. The second kappa shape index (κ2) is 6.65. The monoisotopic (exact) mass is 284 g/mol. The van der Waals surface area contributed by atoms with Gasteiger partial charge in [-0.25, -0.2) is 0 Å². The van der Waals surface area contributed by atoms with Gasteiger partial charge in [0.15, 0.2) is 0 Å². The highest BCUT2D eigenvalue weighted by atomic mass is 16.6. The predicted octanol–water partition coefficient (Wildman–Crippen LogP) is 3.35. The van der Waals surface area contributed by atoms with Crippen molar-refractivity contribution in [2.75, 3.05) is 0 Å². The number of benzene rings is 2. The summed E-state index contributed by atoms with van der Waals surface area (Å²) in [5.41, 5.74) is 1.46. The van der Waals surface area contributed by atoms with Crippen LogP contribution in [0.1, 0.15) is 18.1 Å². The van der Waals surface area contributed by atoms with E-state index in [1.54, 1.807) is 0 Å². The van der Waals surface area contributed by atoms with Crippen molar-refractivity contribution in [3.63, 3.8) is 0 Å². The van der Waals surface area contributed by atoms with E-state index in [1.807, 2.05) is 37.3 Å². The first kappa shape index (κ1) is 14.7. The van der Waals surface area contributed by atoms with Crippen LogP contribution in [0.25, 0.3) is 0 Å². The standard InChI is InChI=1S/C16H16N2O3/c1-12(9-13-5-3-2-4-6-13)17-11-14-10-15(18(20)21)7-8-16(14)19/h2-8,10-12,19H,9H2,1H3/t12-/m0/s1. The van der Waals surface area contributed by atoms with Gasteiger partial charge in [-0.05, 0) is 25.0 Å². The van der Waals surface area contributed by atoms with Crippen LogP contribution < -0.4 is 0 Å². The van der Waals surface area contributed by atoms with E-state index >= 15 is 0 Å². The van der Waals surface area contributed by atoms with Gasteiger partial charge in [-0.2, -0.15) is 0 Å². The van der Waals surface area contributed by atoms with Crippen LogP contribution in [0, 0.1) is 10.1 Å². The number of non-ortho nitro benzene ring substituents is 1. The van der Waals surface area contributed by atoms with Crippen LogP contribution in [0.5, 0.6) is 5.75 Å². The van der Waals surface area contributed by atoms with E-state index < -0.39 is 4.92 Å². The molecule has 0 aromatic heterocycles. The number of nitro benzene ring substituents is 1. The number of hydrogen-bond acceptors (Lipinski definition) is 4. The molecule has 108 valence electrons. The molecular formula is C16H16N2O3. The van der Waals surface area contributed by atoms with Gasteiger partial charge < -0.3 is 5.11 Å². The summed E-state index contributed by atoms with van der Waals surface area (Å²) in [5, 5.41) is 20.4. The number of aromatic hydroxyl groups is 1. The van der Waals surface area contributed by atoms with Crippen LogP contribution in [0.3, 0.4) is 0 Å². The Morgan fingerprint density at radius 3 is 2.67 bits per heavy atom. The molecule has 0 fully saturated rings. The van der Waals surface area contributed by atoms with E-state index in [0.717, 1.165) is 6.42 Å². The zero-order chi connectivity index (χ0) is 15.2. The number of aliphatic imine (C=N–C) groups is 1. The van der Waals surface area contributed by atoms with Crippen LogP contribution in [0.4, 0.5) is 5.69 Å². The zero-order valence-electron chi connectivity index (χ0n) is 11.6. The van der Waals surface area contributed by atoms with E-state index in [4.69, 9.17) is 0 Å². The molecule has 0 aliphatic rings. The van der Waals surface area contributed by atoms with Crippen molar-refractivity contribution in [1.29, 1.82) is 0 Å². The average molecular weight is 284 g/mol. The molecule has 0 heterocycles. The molecule has 2 aromatic carbocycles. The maximum Gasteiger partial charge on any atom is 0.270 e. The minimum Gasteiger partial charge on any atom is -0.507 e. The predicted molar refractivity (Wildman–Crippen MR) is 82.0 cm³/mol. The summed E-state index contributed by atoms with van der Waals surface area (Å²) in [4.78, 5) is 14.6. The largest absolute Gasteiger partial charge is 0.507 e. The number of phenols is 1. The van der Waals surface area contributed by atoms with Crippen molar-refractivity contribution >= 4 is 11.9 Å². The molecule has 0 saturated heterocycles. The van der Waals surface area contributed by atoms with Gasteiger partial charge in [0, 0.05) is 23.9 Å². The van der Waals surface area contributed by atoms with Crippen molar-refractivity contribution in [2.45, 2.75) is 19.4 Å². The summed E-state index contributed by atoms with van der Waals surface area (Å²) in [6.07, 6.45) is 2.25. The van der Waals surface area contributed by atoms with Crippen molar-refractivity contribution < 1.29 is 10.0 Å². The van der Waals surface area contributed by atoms with Gasteiger partial charge in [0.1, 0.15) is 5.75 Å². The molecule has 5 heteroatoms. The van der Waals surface area contributed by atoms with Gasteiger partial charge in [0.25, 0.3) is 5.69 Å². The van der Waals surface area contributed by atoms with E-state index in [-0.39, 0.29) is 17.5 Å². The van der Waals surface area contributed by atoms with E-state index in [0.29, 0.717) is 5.56 Å². The lowest BCUT2D eigenvalue weighted by Gasteiger charge is -2.06. The first-order valence-electron chi connectivity index (χ1n) is 6.61. The van der Waals surface area contributed by atoms with Gasteiger partial charge in [-0.1, -0.05) is 30.3 Å². The Bertz CT molecular complexity index is 654. The molecule has 2 aromatic rings. The molecule has 2 rings (SSSR count). The minimum absolute atomic E-state index is 0.0174. The summed E-state index contributed by atoms with van der Waals surface area (Å²) >= 11 is 0. The summed E-state index contributed by atoms with van der Waals surface area (Å²) in [6.45, 7) is 1.96. The molecule has 21 heavy (non-hydrogen) atoms. The summed E-state index contributed by atoms with van der Waals surface area (Å²) in [6, 6.07) is 13.9. The van der Waals surface area contributed by atoms with Crippen LogP contribution in [0.15, 0.2) is 53.5 Å². The molecule has 0 radical (unpaired) electrons. The van der Waals surface area contributed by atoms with Gasteiger partial charge >= 0.3 is 0 Å². The Morgan fingerprint density at radius 1 is 1.29 bits per heavy atom. The summed E-state index contributed by atoms with van der Waals surface area (Å²) < 4.78 is 0. The topological polar surface area (TPSA) is 75.7 Å². The SMILES string of the molecule is C[C@@H](Cc1ccccc1)N=Cc1cc([N+](=O)[O-])ccc1O. The van der Waals surface area contributed by atoms with Crippen LogP contribution in [-0.2, 0) is 6.42 Å². The van der Waals surface area contributed by atoms with Gasteiger partial charge in [0.05, 0.1) is 11.0 Å². The Hall–Kier alpha value is -2.69. The lowest BCUT2D eigenvalue weighted by atomic mass is 10.1. The molecule has 5 nitrogen and oxygen atoms in total. The van der Waals surface area contributed by atoms with E-state index in [1.165, 1.54) is 30.0 Å². The fraction of sp³-hybridized carbons (Fsp3) is 0.188. The smallest absolute Gasteiger partial charge is 0.270 e. The molecule has 0 aliphatic carbocycles. The van der Waals surface area contributed by atoms with E-state index in [9.17, 15) is 15.2 Å². The van der Waals surface area contributed by atoms with Gasteiger partial charge in [0.2, 0.25) is 0 Å². The van der Waals surface area contributed by atoms with Crippen LogP contribution in [0.2, 0.25) is 0 Å². The highest BCUT2D eigenvalue weighted by molar-refractivity contribution is 5.84. The Balaban J connectivity index is 2.10. The third kappa shape index (κ3) is 4.14. The molecule has 0 amide bonds. The summed E-state index contributed by atoms with van der Waals surface area (Å²) in [7, 11) is 0. The third-order valence-corrected chi connectivity index (χ3v) is 3.06. The van der Waals surface area contributed by atoms with Crippen molar-refractivity contribution in [1.82, 2.24) is 0 Å². The molecule has 1 atom stereocenters. The molecule has 0 saturated carbocycles. The highest BCUT2D eigenvalue weighted by Gasteiger charge is 2.09. The quantitative estimate of drug-likeness (QED) is 0.519. The molecule has 0 bridgehead atoms. The maximum absolute atomic E-state index is 10.7. The molecule has 0 unspecified atom stereocenters. The highest BCUT2D eigenvalue weighted by Crippen LogP contribution is 2.21. The lowest BCUT2D eigenvalue weighted by molar-refractivity contribution is -0.384. The van der Waals surface area contributed by atoms with Crippen LogP contribution >= 0.6 is 0 Å². The number of phenolic OH excluding ortho intramolecular Hbond substituents is 1. The fourth-order valence-corrected chi connectivity index (χ4v) is 1.97. The third-order valence-electron chi connectivity index (χ3n) is 3.06. The number of nitrogens with zero attached hydrogens (tertiary/aromatic N) is 2. The molecule has 0 aliphatic heterocycles. The van der Waals surface area contributed by atoms with Crippen LogP contribution in [-0.4, -0.2) is 22.3 Å². The summed E-state index contributed by atoms with van der Waals surface area (Å²) in [5.74, 6) is -0.0174. The normalized spacial score (nSPS) is 12.4. The zero-order valence-corrected chi connectivity index (χ0v) is 11.6. The lowest BCUT2D eigenvalue weighted by Crippen LogP contribution is -2.03. The number of hydrogen-bond donors (Lipinski definition) is 1. The molecule has 1 N–H and O–H groups in total. The minimum atomic E-state index is -0.496. The van der Waals surface area contributed by atoms with Gasteiger partial charge in [-0.3, -0.25) is 15.1 Å². The second-order valence-corrected chi connectivity index (χ2v) is 4.82. The van der Waals surface area contributed by atoms with E-state index in [2.05, 4.69) is 4.99 Å². The second-order valence-electron chi connectivity index (χ2n) is 4.82. The molecular weight excluding hydrogens is 268 g/mol. The first-order chi connectivity index (χ1) is 10.1. The number of rotatable bonds is 5.